The van der Waals surface area contributed by atoms with E-state index in [-0.39, 0.29) is 25.7 Å². The maximum atomic E-state index is 13.0. The highest BCUT2D eigenvalue weighted by atomic mass is 31.2. The van der Waals surface area contributed by atoms with E-state index in [1.54, 1.807) is 0 Å². The van der Waals surface area contributed by atoms with Crippen molar-refractivity contribution in [2.24, 2.45) is 23.7 Å². The summed E-state index contributed by atoms with van der Waals surface area (Å²) in [7, 11) is -9.89. The van der Waals surface area contributed by atoms with Gasteiger partial charge in [0.25, 0.3) is 0 Å². The molecule has 0 amide bonds. The first-order chi connectivity index (χ1) is 39.1. The van der Waals surface area contributed by atoms with E-state index < -0.39 is 97.5 Å². The normalized spacial score (nSPS) is 14.8. The van der Waals surface area contributed by atoms with Gasteiger partial charge in [0.05, 0.1) is 26.4 Å². The lowest BCUT2D eigenvalue weighted by atomic mass is 10.00. The molecule has 6 atom stereocenters. The predicted molar refractivity (Wildman–Crippen MR) is 326 cm³/mol. The molecule has 486 valence electrons. The van der Waals surface area contributed by atoms with Crippen LogP contribution in [0.5, 0.6) is 0 Å². The van der Waals surface area contributed by atoms with Crippen LogP contribution in [-0.2, 0) is 65.4 Å². The van der Waals surface area contributed by atoms with Gasteiger partial charge < -0.3 is 33.8 Å². The Balaban J connectivity index is 5.25. The van der Waals surface area contributed by atoms with Crippen molar-refractivity contribution in [3.8, 4) is 0 Å². The van der Waals surface area contributed by atoms with Crippen molar-refractivity contribution in [2.75, 3.05) is 39.6 Å². The Morgan fingerprint density at radius 1 is 0.341 bits per heavy atom. The highest BCUT2D eigenvalue weighted by molar-refractivity contribution is 7.47. The highest BCUT2D eigenvalue weighted by Gasteiger charge is 2.30. The maximum Gasteiger partial charge on any atom is 0.472 e. The Hall–Kier alpha value is -1.94. The van der Waals surface area contributed by atoms with E-state index in [9.17, 15) is 43.2 Å². The monoisotopic (exact) mass is 1210 g/mol. The number of carbonyl (C=O) groups is 4. The molecule has 0 saturated carbocycles. The van der Waals surface area contributed by atoms with Crippen molar-refractivity contribution >= 4 is 39.5 Å². The number of phosphoric acid groups is 2. The Kier molecular flexibility index (Phi) is 52.0. The van der Waals surface area contributed by atoms with Crippen LogP contribution in [0.2, 0.25) is 0 Å². The first-order valence-electron chi connectivity index (χ1n) is 32.7. The van der Waals surface area contributed by atoms with E-state index in [2.05, 4.69) is 55.4 Å². The van der Waals surface area contributed by atoms with Gasteiger partial charge in [-0.05, 0) is 49.4 Å². The number of ether oxygens (including phenoxy) is 4. The van der Waals surface area contributed by atoms with E-state index in [4.69, 9.17) is 37.0 Å². The number of aliphatic hydroxyl groups is 1. The summed E-state index contributed by atoms with van der Waals surface area (Å²) in [6.07, 6.45) is 32.3. The molecule has 19 heteroatoms. The molecule has 0 rings (SSSR count). The van der Waals surface area contributed by atoms with Crippen LogP contribution in [0.3, 0.4) is 0 Å². The van der Waals surface area contributed by atoms with Crippen LogP contribution in [0.1, 0.15) is 299 Å². The zero-order chi connectivity index (χ0) is 61.1. The number of hydrogen-bond acceptors (Lipinski definition) is 15. The molecule has 0 aliphatic rings. The first-order valence-corrected chi connectivity index (χ1v) is 35.7. The number of hydrogen-bond donors (Lipinski definition) is 3. The van der Waals surface area contributed by atoms with Crippen molar-refractivity contribution in [2.45, 2.75) is 318 Å². The number of phosphoric ester groups is 2. The molecule has 0 aliphatic heterocycles. The summed E-state index contributed by atoms with van der Waals surface area (Å²) >= 11 is 0. The number of rotatable bonds is 60. The predicted octanol–water partition coefficient (Wildman–Crippen LogP) is 17.0. The molecule has 0 aromatic carbocycles. The summed E-state index contributed by atoms with van der Waals surface area (Å²) in [5.41, 5.74) is 0. The molecule has 0 radical (unpaired) electrons. The van der Waals surface area contributed by atoms with E-state index in [1.165, 1.54) is 96.3 Å². The summed E-state index contributed by atoms with van der Waals surface area (Å²) in [4.78, 5) is 72.1. The lowest BCUT2D eigenvalue weighted by Crippen LogP contribution is -2.30. The molecule has 82 heavy (non-hydrogen) atoms. The summed E-state index contributed by atoms with van der Waals surface area (Å²) < 4.78 is 67.9. The van der Waals surface area contributed by atoms with Gasteiger partial charge in [0.15, 0.2) is 12.2 Å². The standard InChI is InChI=1S/C63H122O17P2/c1-9-56(8)42-34-26-21-22-28-36-44-61(66)74-50-59(80-63(68)46-38-30-20-14-17-25-33-41-55(6)7)52-78-82(71,72)76-48-57(64)47-75-81(69,70)77-51-58(79-62(67)45-37-29-19-13-16-24-32-40-54(4)5)49-73-60(65)43-35-27-18-12-10-11-15-23-31-39-53(2)3/h53-59,64H,9-52H2,1-8H3,(H,69,70)(H,71,72)/t56?,57-,58-,59-/m1/s1. The number of unbranched alkanes of at least 4 members (excludes halogenated alkanes) is 25. The van der Waals surface area contributed by atoms with Gasteiger partial charge in [-0.25, -0.2) is 9.13 Å². The van der Waals surface area contributed by atoms with Crippen molar-refractivity contribution in [1.82, 2.24) is 0 Å². The zero-order valence-corrected chi connectivity index (χ0v) is 54.9. The smallest absolute Gasteiger partial charge is 0.462 e. The first kappa shape index (κ1) is 80.1. The van der Waals surface area contributed by atoms with Crippen molar-refractivity contribution in [1.29, 1.82) is 0 Å². The molecule has 0 spiro atoms. The second-order valence-electron chi connectivity index (χ2n) is 24.5. The Morgan fingerprint density at radius 3 is 0.866 bits per heavy atom. The second kappa shape index (κ2) is 53.3. The Labute approximate surface area is 498 Å². The average Bonchev–Trinajstić information content (AvgIpc) is 3.42. The molecule has 0 saturated heterocycles. The van der Waals surface area contributed by atoms with Crippen molar-refractivity contribution < 1.29 is 80.2 Å². The molecule has 0 fully saturated rings. The zero-order valence-electron chi connectivity index (χ0n) is 53.1. The summed E-state index contributed by atoms with van der Waals surface area (Å²) in [5.74, 6) is 0.722. The number of aliphatic hydroxyl groups excluding tert-OH is 1. The van der Waals surface area contributed by atoms with Crippen LogP contribution in [-0.4, -0.2) is 96.7 Å². The molecular weight excluding hydrogens is 1090 g/mol. The molecule has 3 unspecified atom stereocenters. The fourth-order valence-electron chi connectivity index (χ4n) is 9.22. The summed E-state index contributed by atoms with van der Waals surface area (Å²) in [5, 5.41) is 10.5. The van der Waals surface area contributed by atoms with E-state index in [0.29, 0.717) is 37.5 Å². The van der Waals surface area contributed by atoms with Gasteiger partial charge in [-0.3, -0.25) is 37.3 Å². The molecule has 0 aromatic rings. The average molecular weight is 1210 g/mol. The lowest BCUT2D eigenvalue weighted by Gasteiger charge is -2.21. The molecule has 0 aromatic heterocycles. The SMILES string of the molecule is CCC(C)CCCCCCCCC(=O)OC[C@H](COP(=O)(O)OC[C@H](O)COP(=O)(O)OC[C@@H](COC(=O)CCCCCCCCCCCC(C)C)OC(=O)CCCCCCCCCC(C)C)OC(=O)CCCCCCCCCC(C)C. The summed E-state index contributed by atoms with van der Waals surface area (Å²) in [6.45, 7) is 13.9. The second-order valence-corrected chi connectivity index (χ2v) is 27.4. The van der Waals surface area contributed by atoms with E-state index in [1.807, 2.05) is 0 Å². The van der Waals surface area contributed by atoms with Crippen molar-refractivity contribution in [3.05, 3.63) is 0 Å². The topological polar surface area (TPSA) is 237 Å². The van der Waals surface area contributed by atoms with Gasteiger partial charge >= 0.3 is 39.5 Å². The van der Waals surface area contributed by atoms with Crippen LogP contribution in [0.4, 0.5) is 0 Å². The third kappa shape index (κ3) is 55.9. The molecule has 17 nitrogen and oxygen atoms in total. The van der Waals surface area contributed by atoms with Gasteiger partial charge in [-0.1, -0.05) is 248 Å². The van der Waals surface area contributed by atoms with Crippen molar-refractivity contribution in [3.63, 3.8) is 0 Å². The van der Waals surface area contributed by atoms with Gasteiger partial charge in [0.2, 0.25) is 0 Å². The Morgan fingerprint density at radius 2 is 0.585 bits per heavy atom. The number of carbonyl (C=O) groups excluding carboxylic acids is 4. The van der Waals surface area contributed by atoms with Gasteiger partial charge in [0, 0.05) is 25.7 Å². The highest BCUT2D eigenvalue weighted by Crippen LogP contribution is 2.45. The van der Waals surface area contributed by atoms with E-state index >= 15 is 0 Å². The largest absolute Gasteiger partial charge is 0.472 e. The molecule has 0 bridgehead atoms. The minimum absolute atomic E-state index is 0.102. The number of esters is 4. The Bertz CT molecular complexity index is 1650. The van der Waals surface area contributed by atoms with Crippen LogP contribution >= 0.6 is 15.6 Å². The minimum atomic E-state index is -4.94. The third-order valence-corrected chi connectivity index (χ3v) is 16.6. The fourth-order valence-corrected chi connectivity index (χ4v) is 10.8. The van der Waals surface area contributed by atoms with Crippen LogP contribution in [0.15, 0.2) is 0 Å². The third-order valence-electron chi connectivity index (χ3n) is 14.7. The molecule has 3 N–H and O–H groups in total. The molecular formula is C63H122O17P2. The quantitative estimate of drug-likeness (QED) is 0.0222. The van der Waals surface area contributed by atoms with Crippen LogP contribution in [0.25, 0.3) is 0 Å². The minimum Gasteiger partial charge on any atom is -0.462 e. The van der Waals surface area contributed by atoms with E-state index in [0.717, 1.165) is 108 Å². The van der Waals surface area contributed by atoms with Gasteiger partial charge in [-0.2, -0.15) is 0 Å². The van der Waals surface area contributed by atoms with Gasteiger partial charge in [0.1, 0.15) is 19.3 Å². The maximum absolute atomic E-state index is 13.0. The molecule has 0 aliphatic carbocycles. The van der Waals surface area contributed by atoms with Crippen LogP contribution < -0.4 is 0 Å². The fraction of sp³-hybridized carbons (Fsp3) is 0.937. The summed E-state index contributed by atoms with van der Waals surface area (Å²) in [6, 6.07) is 0. The van der Waals surface area contributed by atoms with Crippen LogP contribution in [0, 0.1) is 23.7 Å². The van der Waals surface area contributed by atoms with Gasteiger partial charge in [-0.15, -0.1) is 0 Å². The molecule has 0 heterocycles. The lowest BCUT2D eigenvalue weighted by molar-refractivity contribution is -0.161.